The second kappa shape index (κ2) is 7.97. The van der Waals surface area contributed by atoms with Gasteiger partial charge < -0.3 is 5.32 Å². The van der Waals surface area contributed by atoms with Crippen LogP contribution in [-0.2, 0) is 0 Å². The van der Waals surface area contributed by atoms with Crippen LogP contribution < -0.4 is 5.32 Å². The van der Waals surface area contributed by atoms with Gasteiger partial charge in [0.05, 0.1) is 17.0 Å². The Balaban J connectivity index is 1.56. The highest BCUT2D eigenvalue weighted by Gasteiger charge is 2.18. The highest BCUT2D eigenvalue weighted by atomic mass is 16.1. The van der Waals surface area contributed by atoms with E-state index < -0.39 is 0 Å². The lowest BCUT2D eigenvalue weighted by Crippen LogP contribution is -2.26. The van der Waals surface area contributed by atoms with E-state index >= 15 is 0 Å². The molecule has 2 heterocycles. The number of carbonyl (C=O) groups is 1. The molecular formula is C23H26N4O. The fourth-order valence-electron chi connectivity index (χ4n) is 3.93. The zero-order valence-electron chi connectivity index (χ0n) is 16.5. The monoisotopic (exact) mass is 374 g/mol. The number of nitrogens with one attached hydrogen (secondary N) is 1. The predicted molar refractivity (Wildman–Crippen MR) is 111 cm³/mol. The van der Waals surface area contributed by atoms with Crippen molar-refractivity contribution in [3.05, 3.63) is 65.1 Å². The summed E-state index contributed by atoms with van der Waals surface area (Å²) in [5.74, 6) is -0.0854. The molecule has 0 aliphatic heterocycles. The van der Waals surface area contributed by atoms with E-state index in [1.807, 2.05) is 32.0 Å². The third kappa shape index (κ3) is 3.57. The minimum absolute atomic E-state index is 0.0854. The van der Waals surface area contributed by atoms with E-state index in [0.717, 1.165) is 41.0 Å². The third-order valence-electron chi connectivity index (χ3n) is 5.48. The van der Waals surface area contributed by atoms with Crippen LogP contribution in [0.15, 0.2) is 48.2 Å². The number of nitrogens with zero attached hydrogens (tertiary/aromatic N) is 3. The van der Waals surface area contributed by atoms with Gasteiger partial charge in [-0.15, -0.1) is 0 Å². The standard InChI is InChI=1S/C23H26N4O/c1-16-21(19-11-7-4-8-12-19)22-25-15-20(17(2)27(22)26-16)23(28)24-14-13-18-9-5-3-6-10-18/h4,7-9,11-12,15H,3,5-6,10,13-14H2,1-2H3,(H,24,28). The van der Waals surface area contributed by atoms with Gasteiger partial charge in [0.25, 0.3) is 5.91 Å². The molecule has 0 bridgehead atoms. The number of aryl methyl sites for hydroxylation is 2. The van der Waals surface area contributed by atoms with Crippen molar-refractivity contribution in [2.45, 2.75) is 46.0 Å². The van der Waals surface area contributed by atoms with E-state index in [1.165, 1.54) is 24.8 Å². The van der Waals surface area contributed by atoms with Crippen LogP contribution in [0, 0.1) is 13.8 Å². The number of hydrogen-bond donors (Lipinski definition) is 1. The molecule has 1 aliphatic rings. The van der Waals surface area contributed by atoms with Gasteiger partial charge in [0, 0.05) is 18.3 Å². The lowest BCUT2D eigenvalue weighted by atomic mass is 9.97. The smallest absolute Gasteiger partial charge is 0.254 e. The molecule has 2 aromatic heterocycles. The Morgan fingerprint density at radius 3 is 2.75 bits per heavy atom. The number of allylic oxidation sites excluding steroid dienone is 1. The molecule has 1 aliphatic carbocycles. The lowest BCUT2D eigenvalue weighted by molar-refractivity contribution is 0.0952. The first-order valence-corrected chi connectivity index (χ1v) is 10.0. The molecule has 0 unspecified atom stereocenters. The summed E-state index contributed by atoms with van der Waals surface area (Å²) in [6.07, 6.45) is 9.82. The van der Waals surface area contributed by atoms with Crippen LogP contribution in [0.5, 0.6) is 0 Å². The van der Waals surface area contributed by atoms with Gasteiger partial charge in [-0.3, -0.25) is 4.79 Å². The van der Waals surface area contributed by atoms with Crippen molar-refractivity contribution in [2.75, 3.05) is 6.54 Å². The van der Waals surface area contributed by atoms with Gasteiger partial charge in [-0.05, 0) is 51.5 Å². The van der Waals surface area contributed by atoms with Crippen LogP contribution in [0.4, 0.5) is 0 Å². The molecule has 5 nitrogen and oxygen atoms in total. The highest BCUT2D eigenvalue weighted by molar-refractivity contribution is 5.95. The normalized spacial score (nSPS) is 14.1. The van der Waals surface area contributed by atoms with Crippen LogP contribution in [0.3, 0.4) is 0 Å². The maximum Gasteiger partial charge on any atom is 0.254 e. The fourth-order valence-corrected chi connectivity index (χ4v) is 3.93. The Kier molecular flexibility index (Phi) is 5.24. The van der Waals surface area contributed by atoms with E-state index in [-0.39, 0.29) is 5.91 Å². The molecule has 0 fully saturated rings. The van der Waals surface area contributed by atoms with Gasteiger partial charge in [-0.25, -0.2) is 9.50 Å². The second-order valence-corrected chi connectivity index (χ2v) is 7.43. The lowest BCUT2D eigenvalue weighted by Gasteiger charge is -2.13. The van der Waals surface area contributed by atoms with Crippen molar-refractivity contribution in [3.8, 4) is 11.1 Å². The molecule has 28 heavy (non-hydrogen) atoms. The summed E-state index contributed by atoms with van der Waals surface area (Å²) in [5.41, 5.74) is 6.64. The number of fused-ring (bicyclic) bond motifs is 1. The molecule has 0 spiro atoms. The molecule has 5 heteroatoms. The molecule has 3 aromatic rings. The van der Waals surface area contributed by atoms with Crippen molar-refractivity contribution in [2.24, 2.45) is 0 Å². The molecule has 1 N–H and O–H groups in total. The second-order valence-electron chi connectivity index (χ2n) is 7.43. The first kappa shape index (κ1) is 18.4. The number of rotatable bonds is 5. The van der Waals surface area contributed by atoms with Crippen LogP contribution in [0.25, 0.3) is 16.8 Å². The molecule has 1 aromatic carbocycles. The molecule has 1 amide bonds. The van der Waals surface area contributed by atoms with Gasteiger partial charge in [0.1, 0.15) is 0 Å². The molecule has 0 saturated carbocycles. The van der Waals surface area contributed by atoms with Crippen molar-refractivity contribution < 1.29 is 4.79 Å². The largest absolute Gasteiger partial charge is 0.352 e. The van der Waals surface area contributed by atoms with Gasteiger partial charge in [-0.1, -0.05) is 42.0 Å². The number of benzene rings is 1. The highest BCUT2D eigenvalue weighted by Crippen LogP contribution is 2.28. The summed E-state index contributed by atoms with van der Waals surface area (Å²) in [5, 5.41) is 7.69. The van der Waals surface area contributed by atoms with Gasteiger partial charge in [0.15, 0.2) is 5.65 Å². The quantitative estimate of drug-likeness (QED) is 0.662. The third-order valence-corrected chi connectivity index (χ3v) is 5.48. The summed E-state index contributed by atoms with van der Waals surface area (Å²) in [6.45, 7) is 4.57. The minimum Gasteiger partial charge on any atom is -0.352 e. The number of carbonyl (C=O) groups excluding carboxylic acids is 1. The first-order valence-electron chi connectivity index (χ1n) is 10.0. The first-order chi connectivity index (χ1) is 13.6. The zero-order chi connectivity index (χ0) is 19.5. The maximum atomic E-state index is 12.7. The van der Waals surface area contributed by atoms with Gasteiger partial charge in [-0.2, -0.15) is 5.10 Å². The summed E-state index contributed by atoms with van der Waals surface area (Å²) in [6, 6.07) is 10.1. The fraction of sp³-hybridized carbons (Fsp3) is 0.348. The predicted octanol–water partition coefficient (Wildman–Crippen LogP) is 4.63. The average Bonchev–Trinajstić information content (AvgIpc) is 3.06. The maximum absolute atomic E-state index is 12.7. The average molecular weight is 374 g/mol. The van der Waals surface area contributed by atoms with E-state index in [0.29, 0.717) is 12.1 Å². The van der Waals surface area contributed by atoms with Crippen LogP contribution in [0.1, 0.15) is 53.8 Å². The van der Waals surface area contributed by atoms with Crippen LogP contribution in [0.2, 0.25) is 0 Å². The molecule has 0 atom stereocenters. The van der Waals surface area contributed by atoms with E-state index in [1.54, 1.807) is 10.7 Å². The topological polar surface area (TPSA) is 59.3 Å². The zero-order valence-corrected chi connectivity index (χ0v) is 16.5. The summed E-state index contributed by atoms with van der Waals surface area (Å²) in [4.78, 5) is 17.3. The number of hydrogen-bond acceptors (Lipinski definition) is 3. The SMILES string of the molecule is Cc1nn2c(C)c(C(=O)NCCC3=CCCCC3)cnc2c1-c1ccccc1. The van der Waals surface area contributed by atoms with E-state index in [9.17, 15) is 4.79 Å². The van der Waals surface area contributed by atoms with Crippen molar-refractivity contribution >= 4 is 11.6 Å². The van der Waals surface area contributed by atoms with Crippen LogP contribution in [-0.4, -0.2) is 27.0 Å². The number of amides is 1. The van der Waals surface area contributed by atoms with Gasteiger partial charge in [0.2, 0.25) is 0 Å². The summed E-state index contributed by atoms with van der Waals surface area (Å²) < 4.78 is 1.79. The van der Waals surface area contributed by atoms with Gasteiger partial charge >= 0.3 is 0 Å². The Morgan fingerprint density at radius 2 is 2.00 bits per heavy atom. The Labute approximate surface area is 165 Å². The van der Waals surface area contributed by atoms with Crippen molar-refractivity contribution in [1.82, 2.24) is 19.9 Å². The van der Waals surface area contributed by atoms with Crippen molar-refractivity contribution in [1.29, 1.82) is 0 Å². The Bertz CT molecular complexity index is 1030. The van der Waals surface area contributed by atoms with E-state index in [2.05, 4.69) is 33.6 Å². The van der Waals surface area contributed by atoms with Crippen molar-refractivity contribution in [3.63, 3.8) is 0 Å². The number of aromatic nitrogens is 3. The molecule has 0 saturated heterocycles. The minimum atomic E-state index is -0.0854. The molecule has 0 radical (unpaired) electrons. The summed E-state index contributed by atoms with van der Waals surface area (Å²) in [7, 11) is 0. The molecule has 4 rings (SSSR count). The summed E-state index contributed by atoms with van der Waals surface area (Å²) >= 11 is 0. The van der Waals surface area contributed by atoms with E-state index in [4.69, 9.17) is 0 Å². The molecule has 144 valence electrons. The van der Waals surface area contributed by atoms with Crippen LogP contribution >= 0.6 is 0 Å². The molecular weight excluding hydrogens is 348 g/mol. The Hall–Kier alpha value is -2.95. The Morgan fingerprint density at radius 1 is 1.18 bits per heavy atom.